The van der Waals surface area contributed by atoms with Crippen LogP contribution in [0.1, 0.15) is 31.7 Å². The van der Waals surface area contributed by atoms with Gasteiger partial charge in [0, 0.05) is 13.1 Å². The number of hydrogen-bond acceptors (Lipinski definition) is 6. The third-order valence-electron chi connectivity index (χ3n) is 4.27. The van der Waals surface area contributed by atoms with E-state index >= 15 is 0 Å². The molecule has 0 bridgehead atoms. The molecule has 2 fully saturated rings. The highest BCUT2D eigenvalue weighted by Crippen LogP contribution is 2.32. The standard InChI is InChI=1S/C19H22N2O5S/c1-2-25-15-10-13(11-16-18(23)20-19(24)27-16)6-7-14(15)26-12-17(22)21-8-4-3-5-9-21/h6-7,10-11H,2-5,8-9,12H2,1H3,(H,20,23,24)/b16-11-. The largest absolute Gasteiger partial charge is 0.490 e. The second kappa shape index (κ2) is 8.94. The zero-order chi connectivity index (χ0) is 19.2. The molecule has 2 heterocycles. The number of nitrogens with zero attached hydrogens (tertiary/aromatic N) is 1. The Kier molecular flexibility index (Phi) is 6.39. The smallest absolute Gasteiger partial charge is 0.290 e. The molecule has 1 N–H and O–H groups in total. The zero-order valence-corrected chi connectivity index (χ0v) is 16.0. The minimum Gasteiger partial charge on any atom is -0.490 e. The molecule has 0 atom stereocenters. The Morgan fingerprint density at radius 2 is 1.96 bits per heavy atom. The first-order valence-electron chi connectivity index (χ1n) is 8.99. The molecule has 0 aliphatic carbocycles. The first-order valence-corrected chi connectivity index (χ1v) is 9.80. The molecule has 2 aliphatic heterocycles. The minimum absolute atomic E-state index is 0.0270. The molecule has 3 rings (SSSR count). The summed E-state index contributed by atoms with van der Waals surface area (Å²) in [6.07, 6.45) is 4.86. The molecule has 8 heteroatoms. The van der Waals surface area contributed by atoms with Crippen molar-refractivity contribution in [2.75, 3.05) is 26.3 Å². The Hall–Kier alpha value is -2.48. The number of carbonyl (C=O) groups is 3. The Bertz CT molecular complexity index is 771. The van der Waals surface area contributed by atoms with Crippen LogP contribution in [0.15, 0.2) is 23.1 Å². The summed E-state index contributed by atoms with van der Waals surface area (Å²) in [6.45, 7) is 3.82. The van der Waals surface area contributed by atoms with Crippen LogP contribution in [0.2, 0.25) is 0 Å². The summed E-state index contributed by atoms with van der Waals surface area (Å²) in [5, 5.41) is 1.84. The Balaban J connectivity index is 1.70. The van der Waals surface area contributed by atoms with E-state index in [1.807, 2.05) is 11.8 Å². The quantitative estimate of drug-likeness (QED) is 0.752. The molecule has 0 saturated carbocycles. The molecular weight excluding hydrogens is 368 g/mol. The summed E-state index contributed by atoms with van der Waals surface area (Å²) in [5.41, 5.74) is 0.709. The van der Waals surface area contributed by atoms with Crippen molar-refractivity contribution in [1.82, 2.24) is 10.2 Å². The van der Waals surface area contributed by atoms with Gasteiger partial charge in [-0.1, -0.05) is 6.07 Å². The average Bonchev–Trinajstić information content (AvgIpc) is 2.98. The lowest BCUT2D eigenvalue weighted by atomic mass is 10.1. The molecule has 0 radical (unpaired) electrons. The number of rotatable bonds is 6. The van der Waals surface area contributed by atoms with E-state index in [4.69, 9.17) is 9.47 Å². The predicted molar refractivity (Wildman–Crippen MR) is 103 cm³/mol. The van der Waals surface area contributed by atoms with Gasteiger partial charge in [0.15, 0.2) is 18.1 Å². The molecule has 2 aliphatic rings. The van der Waals surface area contributed by atoms with Crippen LogP contribution in [-0.2, 0) is 9.59 Å². The highest BCUT2D eigenvalue weighted by molar-refractivity contribution is 8.18. The molecule has 3 amide bonds. The van der Waals surface area contributed by atoms with E-state index < -0.39 is 5.91 Å². The lowest BCUT2D eigenvalue weighted by molar-refractivity contribution is -0.134. The van der Waals surface area contributed by atoms with E-state index in [0.717, 1.165) is 44.1 Å². The van der Waals surface area contributed by atoms with Gasteiger partial charge in [-0.2, -0.15) is 0 Å². The van der Waals surface area contributed by atoms with E-state index in [1.165, 1.54) is 0 Å². The molecule has 0 spiro atoms. The van der Waals surface area contributed by atoms with Crippen molar-refractivity contribution in [1.29, 1.82) is 0 Å². The van der Waals surface area contributed by atoms with Gasteiger partial charge < -0.3 is 14.4 Å². The summed E-state index contributed by atoms with van der Waals surface area (Å²) >= 11 is 0.861. The highest BCUT2D eigenvalue weighted by atomic mass is 32.2. The van der Waals surface area contributed by atoms with E-state index in [1.54, 1.807) is 24.3 Å². The number of likely N-dealkylation sites (tertiary alicyclic amines) is 1. The van der Waals surface area contributed by atoms with Crippen molar-refractivity contribution in [2.45, 2.75) is 26.2 Å². The first-order chi connectivity index (χ1) is 13.1. The molecule has 27 heavy (non-hydrogen) atoms. The number of carbonyl (C=O) groups excluding carboxylic acids is 3. The normalized spacial score (nSPS) is 18.6. The van der Waals surface area contributed by atoms with Gasteiger partial charge in [-0.05, 0) is 61.7 Å². The van der Waals surface area contributed by atoms with Gasteiger partial charge in [-0.25, -0.2) is 0 Å². The number of nitrogens with one attached hydrogen (secondary N) is 1. The van der Waals surface area contributed by atoms with Crippen molar-refractivity contribution in [2.24, 2.45) is 0 Å². The van der Waals surface area contributed by atoms with Crippen LogP contribution in [-0.4, -0.2) is 48.3 Å². The molecule has 2 saturated heterocycles. The molecule has 7 nitrogen and oxygen atoms in total. The highest BCUT2D eigenvalue weighted by Gasteiger charge is 2.25. The van der Waals surface area contributed by atoms with Crippen LogP contribution < -0.4 is 14.8 Å². The fourth-order valence-electron chi connectivity index (χ4n) is 2.95. The van der Waals surface area contributed by atoms with Crippen LogP contribution in [0.5, 0.6) is 11.5 Å². The Labute approximate surface area is 162 Å². The van der Waals surface area contributed by atoms with Crippen LogP contribution in [0.4, 0.5) is 4.79 Å². The van der Waals surface area contributed by atoms with Crippen LogP contribution >= 0.6 is 11.8 Å². The third-order valence-corrected chi connectivity index (χ3v) is 5.08. The lowest BCUT2D eigenvalue weighted by Gasteiger charge is -2.26. The van der Waals surface area contributed by atoms with Crippen molar-refractivity contribution >= 4 is 34.9 Å². The monoisotopic (exact) mass is 390 g/mol. The second-order valence-electron chi connectivity index (χ2n) is 6.22. The molecule has 1 aromatic rings. The van der Waals surface area contributed by atoms with E-state index in [-0.39, 0.29) is 17.8 Å². The SMILES string of the molecule is CCOc1cc(/C=C2\SC(=O)NC2=O)ccc1OCC(=O)N1CCCCC1. The molecule has 0 aromatic heterocycles. The first kappa shape index (κ1) is 19.3. The van der Waals surface area contributed by atoms with Crippen LogP contribution in [0.3, 0.4) is 0 Å². The number of piperidine rings is 1. The van der Waals surface area contributed by atoms with Gasteiger partial charge in [0.25, 0.3) is 17.1 Å². The van der Waals surface area contributed by atoms with Gasteiger partial charge in [0.2, 0.25) is 0 Å². The molecule has 1 aromatic carbocycles. The fraction of sp³-hybridized carbons (Fsp3) is 0.421. The van der Waals surface area contributed by atoms with Gasteiger partial charge >= 0.3 is 0 Å². The third kappa shape index (κ3) is 5.03. The topological polar surface area (TPSA) is 84.9 Å². The number of imide groups is 1. The number of thioether (sulfide) groups is 1. The molecule has 144 valence electrons. The van der Waals surface area contributed by atoms with Gasteiger partial charge in [-0.15, -0.1) is 0 Å². The molecular formula is C19H22N2O5S. The van der Waals surface area contributed by atoms with Crippen molar-refractivity contribution in [3.63, 3.8) is 0 Å². The zero-order valence-electron chi connectivity index (χ0n) is 15.2. The van der Waals surface area contributed by atoms with Gasteiger partial charge in [0.05, 0.1) is 11.5 Å². The number of hydrogen-bond donors (Lipinski definition) is 1. The summed E-state index contributed by atoms with van der Waals surface area (Å²) in [5.74, 6) is 0.535. The van der Waals surface area contributed by atoms with Gasteiger partial charge in [-0.3, -0.25) is 19.7 Å². The van der Waals surface area contributed by atoms with Crippen molar-refractivity contribution in [3.05, 3.63) is 28.7 Å². The van der Waals surface area contributed by atoms with E-state index in [9.17, 15) is 14.4 Å². The van der Waals surface area contributed by atoms with E-state index in [2.05, 4.69) is 5.32 Å². The maximum atomic E-state index is 12.3. The van der Waals surface area contributed by atoms with Crippen molar-refractivity contribution in [3.8, 4) is 11.5 Å². The summed E-state index contributed by atoms with van der Waals surface area (Å²) in [7, 11) is 0. The van der Waals surface area contributed by atoms with E-state index in [0.29, 0.717) is 28.6 Å². The molecule has 0 unspecified atom stereocenters. The van der Waals surface area contributed by atoms with Crippen LogP contribution in [0, 0.1) is 0 Å². The minimum atomic E-state index is -0.407. The predicted octanol–water partition coefficient (Wildman–Crippen LogP) is 2.80. The summed E-state index contributed by atoms with van der Waals surface area (Å²) in [4.78, 5) is 37.4. The second-order valence-corrected chi connectivity index (χ2v) is 7.24. The number of ether oxygens (including phenoxy) is 2. The average molecular weight is 390 g/mol. The number of benzene rings is 1. The Morgan fingerprint density at radius 1 is 1.19 bits per heavy atom. The maximum Gasteiger partial charge on any atom is 0.290 e. The van der Waals surface area contributed by atoms with Gasteiger partial charge in [0.1, 0.15) is 0 Å². The number of amides is 3. The van der Waals surface area contributed by atoms with Crippen LogP contribution in [0.25, 0.3) is 6.08 Å². The van der Waals surface area contributed by atoms with Crippen molar-refractivity contribution < 1.29 is 23.9 Å². The summed E-state index contributed by atoms with van der Waals surface area (Å²) in [6, 6.07) is 5.20. The Morgan fingerprint density at radius 3 is 2.63 bits per heavy atom. The summed E-state index contributed by atoms with van der Waals surface area (Å²) < 4.78 is 11.3. The lowest BCUT2D eigenvalue weighted by Crippen LogP contribution is -2.38. The fourth-order valence-corrected chi connectivity index (χ4v) is 3.63. The maximum absolute atomic E-state index is 12.3.